The summed E-state index contributed by atoms with van der Waals surface area (Å²) >= 11 is 0. The number of aromatic nitrogens is 5. The minimum atomic E-state index is 0.00101. The first-order chi connectivity index (χ1) is 11.3. The van der Waals surface area contributed by atoms with Crippen LogP contribution in [0.5, 0.6) is 0 Å². The van der Waals surface area contributed by atoms with Crippen molar-refractivity contribution in [2.45, 2.75) is 31.6 Å². The summed E-state index contributed by atoms with van der Waals surface area (Å²) in [6.07, 6.45) is 7.13. The molecule has 1 saturated heterocycles. The fraction of sp³-hybridized carbons (Fsp3) is 0.533. The van der Waals surface area contributed by atoms with Gasteiger partial charge < -0.3 is 4.90 Å². The molecule has 1 aliphatic heterocycles. The fourth-order valence-electron chi connectivity index (χ4n) is 2.99. The van der Waals surface area contributed by atoms with Gasteiger partial charge in [0.2, 0.25) is 11.9 Å². The lowest BCUT2D eigenvalue weighted by Crippen LogP contribution is -2.38. The van der Waals surface area contributed by atoms with Crippen molar-refractivity contribution in [1.82, 2.24) is 25.1 Å². The number of nitrogens with one attached hydrogen (secondary N) is 2. The molecule has 2 aromatic rings. The van der Waals surface area contributed by atoms with E-state index < -0.39 is 0 Å². The number of amides is 1. The van der Waals surface area contributed by atoms with Crippen LogP contribution in [0.25, 0.3) is 0 Å². The number of nitrogens with zero attached hydrogens (tertiary/aromatic N) is 5. The molecule has 2 aliphatic rings. The predicted molar refractivity (Wildman–Crippen MR) is 84.0 cm³/mol. The van der Waals surface area contributed by atoms with Crippen molar-refractivity contribution >= 4 is 17.7 Å². The van der Waals surface area contributed by atoms with Crippen LogP contribution in [0.2, 0.25) is 0 Å². The highest BCUT2D eigenvalue weighted by molar-refractivity contribution is 5.91. The van der Waals surface area contributed by atoms with Crippen LogP contribution < -0.4 is 10.2 Å². The number of anilines is 2. The molecule has 8 nitrogen and oxygen atoms in total. The van der Waals surface area contributed by atoms with Gasteiger partial charge in [0.05, 0.1) is 0 Å². The zero-order valence-electron chi connectivity index (χ0n) is 12.8. The molecule has 2 fully saturated rings. The Bertz CT molecular complexity index is 675. The molecule has 2 aromatic heterocycles. The van der Waals surface area contributed by atoms with Crippen LogP contribution in [-0.2, 0) is 4.79 Å². The SMILES string of the molecule is O=C(Nc1ncn[nH]1)C1CCN(c2cc(C3CC3)ncn2)CC1. The van der Waals surface area contributed by atoms with E-state index in [1.54, 1.807) is 6.33 Å². The second kappa shape index (κ2) is 5.94. The number of piperidine rings is 1. The van der Waals surface area contributed by atoms with Crippen LogP contribution in [0.15, 0.2) is 18.7 Å². The Morgan fingerprint density at radius 2 is 1.96 bits per heavy atom. The monoisotopic (exact) mass is 313 g/mol. The fourth-order valence-corrected chi connectivity index (χ4v) is 2.99. The molecule has 0 atom stereocenters. The Hall–Kier alpha value is -2.51. The molecular formula is C15H19N7O. The van der Waals surface area contributed by atoms with E-state index in [1.807, 2.05) is 0 Å². The van der Waals surface area contributed by atoms with Crippen LogP contribution in [0.4, 0.5) is 11.8 Å². The maximum Gasteiger partial charge on any atom is 0.229 e. The third-order valence-corrected chi connectivity index (χ3v) is 4.52. The summed E-state index contributed by atoms with van der Waals surface area (Å²) in [5.41, 5.74) is 1.15. The van der Waals surface area contributed by atoms with Gasteiger partial charge in [-0.15, -0.1) is 0 Å². The third kappa shape index (κ3) is 3.15. The Balaban J connectivity index is 1.35. The molecule has 0 spiro atoms. The topological polar surface area (TPSA) is 99.7 Å². The van der Waals surface area contributed by atoms with Gasteiger partial charge >= 0.3 is 0 Å². The van der Waals surface area contributed by atoms with Gasteiger partial charge in [0.1, 0.15) is 18.5 Å². The Kier molecular flexibility index (Phi) is 3.64. The van der Waals surface area contributed by atoms with Gasteiger partial charge in [-0.1, -0.05) is 0 Å². The van der Waals surface area contributed by atoms with Crippen molar-refractivity contribution in [2.75, 3.05) is 23.3 Å². The first-order valence-electron chi connectivity index (χ1n) is 8.03. The summed E-state index contributed by atoms with van der Waals surface area (Å²) in [5.74, 6) is 2.02. The summed E-state index contributed by atoms with van der Waals surface area (Å²) in [4.78, 5) is 27.1. The number of rotatable bonds is 4. The van der Waals surface area contributed by atoms with Crippen molar-refractivity contribution in [3.05, 3.63) is 24.4 Å². The molecule has 0 aromatic carbocycles. The molecule has 1 aliphatic carbocycles. The van der Waals surface area contributed by atoms with Gasteiger partial charge in [0, 0.05) is 36.7 Å². The summed E-state index contributed by atoms with van der Waals surface area (Å²) in [6, 6.07) is 2.10. The molecule has 1 saturated carbocycles. The van der Waals surface area contributed by atoms with Crippen LogP contribution in [0, 0.1) is 5.92 Å². The number of hydrogen-bond donors (Lipinski definition) is 2. The minimum absolute atomic E-state index is 0.00101. The van der Waals surface area contributed by atoms with Crippen molar-refractivity contribution in [3.8, 4) is 0 Å². The molecule has 23 heavy (non-hydrogen) atoms. The van der Waals surface area contributed by atoms with E-state index in [-0.39, 0.29) is 11.8 Å². The average Bonchev–Trinajstić information content (AvgIpc) is 3.33. The van der Waals surface area contributed by atoms with Gasteiger partial charge in [0.15, 0.2) is 0 Å². The summed E-state index contributed by atoms with van der Waals surface area (Å²) in [7, 11) is 0. The first kappa shape index (κ1) is 14.1. The molecule has 0 radical (unpaired) electrons. The van der Waals surface area contributed by atoms with Crippen molar-refractivity contribution in [2.24, 2.45) is 5.92 Å². The van der Waals surface area contributed by atoms with E-state index in [9.17, 15) is 4.79 Å². The smallest absolute Gasteiger partial charge is 0.229 e. The zero-order chi connectivity index (χ0) is 15.6. The second-order valence-corrected chi connectivity index (χ2v) is 6.16. The largest absolute Gasteiger partial charge is 0.356 e. The number of H-pyrrole nitrogens is 1. The molecule has 120 valence electrons. The van der Waals surface area contributed by atoms with Crippen LogP contribution >= 0.6 is 0 Å². The maximum absolute atomic E-state index is 12.2. The Labute approximate surface area is 133 Å². The highest BCUT2D eigenvalue weighted by Crippen LogP contribution is 2.39. The number of aromatic amines is 1. The van der Waals surface area contributed by atoms with Crippen LogP contribution in [-0.4, -0.2) is 44.1 Å². The number of carbonyl (C=O) groups excluding carboxylic acids is 1. The average molecular weight is 313 g/mol. The van der Waals surface area contributed by atoms with Gasteiger partial charge in [-0.3, -0.25) is 10.1 Å². The standard InChI is InChI=1S/C15H19N7O/c23-14(20-15-18-9-19-21-15)11-3-5-22(6-4-11)13-7-12(10-1-2-10)16-8-17-13/h7-11H,1-6H2,(H2,18,19,20,21,23). The van der Waals surface area contributed by atoms with Crippen LogP contribution in [0.3, 0.4) is 0 Å². The van der Waals surface area contributed by atoms with E-state index in [4.69, 9.17) is 0 Å². The summed E-state index contributed by atoms with van der Waals surface area (Å²) in [6.45, 7) is 1.66. The lowest BCUT2D eigenvalue weighted by atomic mass is 9.96. The van der Waals surface area contributed by atoms with E-state index in [0.29, 0.717) is 11.9 Å². The maximum atomic E-state index is 12.2. The van der Waals surface area contributed by atoms with Crippen LogP contribution in [0.1, 0.15) is 37.3 Å². The number of carbonyl (C=O) groups is 1. The highest BCUT2D eigenvalue weighted by Gasteiger charge is 2.28. The molecule has 0 bridgehead atoms. The molecule has 2 N–H and O–H groups in total. The lowest BCUT2D eigenvalue weighted by Gasteiger charge is -2.32. The Morgan fingerprint density at radius 3 is 2.65 bits per heavy atom. The summed E-state index contributed by atoms with van der Waals surface area (Å²) in [5, 5.41) is 9.14. The lowest BCUT2D eigenvalue weighted by molar-refractivity contribution is -0.120. The zero-order valence-corrected chi connectivity index (χ0v) is 12.8. The quantitative estimate of drug-likeness (QED) is 0.883. The van der Waals surface area contributed by atoms with Gasteiger partial charge in [-0.2, -0.15) is 10.1 Å². The molecule has 4 rings (SSSR count). The highest BCUT2D eigenvalue weighted by atomic mass is 16.2. The predicted octanol–water partition coefficient (Wildman–Crippen LogP) is 1.33. The van der Waals surface area contributed by atoms with E-state index in [0.717, 1.165) is 37.4 Å². The normalized spacial score (nSPS) is 18.9. The molecular weight excluding hydrogens is 294 g/mol. The van der Waals surface area contributed by atoms with E-state index in [2.05, 4.69) is 41.4 Å². The van der Waals surface area contributed by atoms with Crippen molar-refractivity contribution in [1.29, 1.82) is 0 Å². The molecule has 1 amide bonds. The second-order valence-electron chi connectivity index (χ2n) is 6.16. The van der Waals surface area contributed by atoms with Crippen molar-refractivity contribution in [3.63, 3.8) is 0 Å². The summed E-state index contributed by atoms with van der Waals surface area (Å²) < 4.78 is 0. The minimum Gasteiger partial charge on any atom is -0.356 e. The first-order valence-corrected chi connectivity index (χ1v) is 8.03. The van der Waals surface area contributed by atoms with Gasteiger partial charge in [0.25, 0.3) is 0 Å². The molecule has 8 heteroatoms. The van der Waals surface area contributed by atoms with E-state index in [1.165, 1.54) is 19.2 Å². The van der Waals surface area contributed by atoms with Gasteiger partial charge in [-0.25, -0.2) is 15.1 Å². The van der Waals surface area contributed by atoms with Crippen molar-refractivity contribution < 1.29 is 4.79 Å². The Morgan fingerprint density at radius 1 is 1.13 bits per heavy atom. The van der Waals surface area contributed by atoms with E-state index >= 15 is 0 Å². The third-order valence-electron chi connectivity index (χ3n) is 4.52. The van der Waals surface area contributed by atoms with Gasteiger partial charge in [-0.05, 0) is 25.7 Å². The molecule has 0 unspecified atom stereocenters. The molecule has 3 heterocycles. The number of hydrogen-bond acceptors (Lipinski definition) is 6.